The van der Waals surface area contributed by atoms with Crippen LogP contribution in [0.1, 0.15) is 0 Å². The molecule has 0 atom stereocenters. The summed E-state index contributed by atoms with van der Waals surface area (Å²) in [7, 11) is -3.65. The van der Waals surface area contributed by atoms with Crippen molar-refractivity contribution in [2.45, 2.75) is 14.7 Å². The number of carbonyl (C=O) groups excluding carboxylic acids is 1. The maximum absolute atomic E-state index is 13.2. The average Bonchev–Trinajstić information content (AvgIpc) is 2.90. The Morgan fingerprint density at radius 2 is 1.61 bits per heavy atom. The molecule has 36 heavy (non-hydrogen) atoms. The van der Waals surface area contributed by atoms with Gasteiger partial charge in [0.25, 0.3) is 5.91 Å². The number of hydrogen-bond acceptors (Lipinski definition) is 6. The molecule has 8 nitrogen and oxygen atoms in total. The highest BCUT2D eigenvalue weighted by Gasteiger charge is 2.32. The summed E-state index contributed by atoms with van der Waals surface area (Å²) in [5.41, 5.74) is 0.774. The molecule has 2 aliphatic rings. The van der Waals surface area contributed by atoms with Crippen LogP contribution in [0.5, 0.6) is 11.5 Å². The molecule has 2 heterocycles. The van der Waals surface area contributed by atoms with Crippen LogP contribution < -0.4 is 19.7 Å². The Morgan fingerprint density at radius 3 is 2.39 bits per heavy atom. The molecule has 1 saturated heterocycles. The van der Waals surface area contributed by atoms with Gasteiger partial charge in [0.1, 0.15) is 13.2 Å². The molecule has 0 radical (unpaired) electrons. The van der Waals surface area contributed by atoms with E-state index in [0.29, 0.717) is 50.9 Å². The minimum absolute atomic E-state index is 0.0887. The van der Waals surface area contributed by atoms with Gasteiger partial charge in [0.2, 0.25) is 10.0 Å². The highest BCUT2D eigenvalue weighted by molar-refractivity contribution is 7.99. The fourth-order valence-corrected chi connectivity index (χ4v) is 6.63. The number of quaternary nitrogens is 1. The first-order chi connectivity index (χ1) is 17.5. The van der Waals surface area contributed by atoms with Gasteiger partial charge in [-0.15, -0.1) is 0 Å². The summed E-state index contributed by atoms with van der Waals surface area (Å²) in [5, 5.41) is 3.04. The highest BCUT2D eigenvalue weighted by Crippen LogP contribution is 2.34. The molecule has 1 fully saturated rings. The van der Waals surface area contributed by atoms with E-state index < -0.39 is 10.0 Å². The third-order valence-electron chi connectivity index (χ3n) is 6.12. The van der Waals surface area contributed by atoms with Crippen molar-refractivity contribution in [3.8, 4) is 11.5 Å². The smallest absolute Gasteiger partial charge is 0.279 e. The number of hydrogen-bond donors (Lipinski definition) is 2. The monoisotopic (exact) mass is 526 g/mol. The van der Waals surface area contributed by atoms with E-state index in [0.717, 1.165) is 20.4 Å². The van der Waals surface area contributed by atoms with E-state index in [1.807, 2.05) is 54.6 Å². The van der Waals surface area contributed by atoms with Gasteiger partial charge >= 0.3 is 0 Å². The topological polar surface area (TPSA) is 89.4 Å². The van der Waals surface area contributed by atoms with Gasteiger partial charge in [-0.3, -0.25) is 4.79 Å². The SMILES string of the molecule is O=C(C[NH+]1CCN(S(=O)(=O)c2ccc3c(c2)OCCO3)CC1)Nc1ccccc1Sc1ccccc1. The van der Waals surface area contributed by atoms with Crippen molar-refractivity contribution in [3.63, 3.8) is 0 Å². The van der Waals surface area contributed by atoms with Gasteiger partial charge in [0.15, 0.2) is 18.0 Å². The summed E-state index contributed by atoms with van der Waals surface area (Å²) in [6.07, 6.45) is 0. The number of carbonyl (C=O) groups is 1. The van der Waals surface area contributed by atoms with Gasteiger partial charge in [-0.1, -0.05) is 42.1 Å². The first-order valence-electron chi connectivity index (χ1n) is 11.8. The van der Waals surface area contributed by atoms with Crippen molar-refractivity contribution in [2.75, 3.05) is 51.3 Å². The lowest BCUT2D eigenvalue weighted by Gasteiger charge is -2.31. The van der Waals surface area contributed by atoms with Crippen molar-refractivity contribution in [1.82, 2.24) is 4.31 Å². The van der Waals surface area contributed by atoms with Crippen LogP contribution in [0.15, 0.2) is 87.5 Å². The number of nitrogens with one attached hydrogen (secondary N) is 2. The van der Waals surface area contributed by atoms with Crippen molar-refractivity contribution in [1.29, 1.82) is 0 Å². The van der Waals surface area contributed by atoms with E-state index in [2.05, 4.69) is 5.32 Å². The molecule has 0 aliphatic carbocycles. The van der Waals surface area contributed by atoms with Crippen molar-refractivity contribution in [2.24, 2.45) is 0 Å². The number of rotatable bonds is 7. The van der Waals surface area contributed by atoms with Crippen LogP contribution in [0.25, 0.3) is 0 Å². The lowest BCUT2D eigenvalue weighted by Crippen LogP contribution is -3.15. The Hall–Kier alpha value is -3.05. The summed E-state index contributed by atoms with van der Waals surface area (Å²) >= 11 is 1.60. The van der Waals surface area contributed by atoms with Crippen LogP contribution in [-0.2, 0) is 14.8 Å². The number of ether oxygens (including phenoxy) is 2. The summed E-state index contributed by atoms with van der Waals surface area (Å²) < 4.78 is 38.8. The fourth-order valence-electron chi connectivity index (χ4n) is 4.25. The molecule has 3 aromatic carbocycles. The van der Waals surface area contributed by atoms with Gasteiger partial charge in [-0.2, -0.15) is 4.31 Å². The number of benzene rings is 3. The maximum Gasteiger partial charge on any atom is 0.279 e. The second-order valence-electron chi connectivity index (χ2n) is 8.60. The summed E-state index contributed by atoms with van der Waals surface area (Å²) in [6.45, 7) is 2.93. The second kappa shape index (κ2) is 10.9. The summed E-state index contributed by atoms with van der Waals surface area (Å²) in [5.74, 6) is 0.924. The molecule has 188 valence electrons. The molecule has 5 rings (SSSR count). The first kappa shape index (κ1) is 24.6. The predicted octanol–water partition coefficient (Wildman–Crippen LogP) is 2.14. The minimum Gasteiger partial charge on any atom is -0.486 e. The predicted molar refractivity (Wildman–Crippen MR) is 137 cm³/mol. The zero-order chi connectivity index (χ0) is 25.0. The minimum atomic E-state index is -3.65. The Bertz CT molecular complexity index is 1330. The average molecular weight is 527 g/mol. The van der Waals surface area contributed by atoms with E-state index in [-0.39, 0.29) is 17.3 Å². The second-order valence-corrected chi connectivity index (χ2v) is 11.6. The molecule has 0 aromatic heterocycles. The molecular weight excluding hydrogens is 498 g/mol. The van der Waals surface area contributed by atoms with Crippen LogP contribution in [0, 0.1) is 0 Å². The largest absolute Gasteiger partial charge is 0.486 e. The number of fused-ring (bicyclic) bond motifs is 1. The third kappa shape index (κ3) is 5.67. The fraction of sp³-hybridized carbons (Fsp3) is 0.269. The quantitative estimate of drug-likeness (QED) is 0.491. The van der Waals surface area contributed by atoms with E-state index >= 15 is 0 Å². The number of para-hydroxylation sites is 1. The van der Waals surface area contributed by atoms with Crippen LogP contribution in [0.3, 0.4) is 0 Å². The standard InChI is InChI=1S/C26H27N3O5S2/c30-26(27-22-8-4-5-9-25(22)35-20-6-2-1-3-7-20)19-28-12-14-29(15-13-28)36(31,32)21-10-11-23-24(18-21)34-17-16-33-23/h1-11,18H,12-17,19H2,(H,27,30)/p+1. The highest BCUT2D eigenvalue weighted by atomic mass is 32.2. The van der Waals surface area contributed by atoms with E-state index in [1.165, 1.54) is 10.4 Å². The molecule has 0 unspecified atom stereocenters. The molecule has 0 saturated carbocycles. The number of sulfonamides is 1. The van der Waals surface area contributed by atoms with Crippen molar-refractivity contribution in [3.05, 3.63) is 72.8 Å². The number of nitrogens with zero attached hydrogens (tertiary/aromatic N) is 1. The Kier molecular flexibility index (Phi) is 7.47. The molecule has 0 bridgehead atoms. The number of anilines is 1. The normalized spacial score (nSPS) is 16.4. The van der Waals surface area contributed by atoms with Crippen LogP contribution >= 0.6 is 11.8 Å². The molecular formula is C26H28N3O5S2+. The van der Waals surface area contributed by atoms with E-state index in [1.54, 1.807) is 23.9 Å². The van der Waals surface area contributed by atoms with Gasteiger partial charge in [0.05, 0.1) is 36.8 Å². The van der Waals surface area contributed by atoms with Crippen LogP contribution in [-0.4, -0.2) is 64.6 Å². The Balaban J connectivity index is 1.17. The molecule has 10 heteroatoms. The van der Waals surface area contributed by atoms with Crippen LogP contribution in [0.4, 0.5) is 5.69 Å². The van der Waals surface area contributed by atoms with Gasteiger partial charge in [-0.05, 0) is 36.4 Å². The maximum atomic E-state index is 13.2. The third-order valence-corrected chi connectivity index (χ3v) is 9.10. The molecule has 2 aliphatic heterocycles. The Labute approximate surface area is 215 Å². The summed E-state index contributed by atoms with van der Waals surface area (Å²) in [6, 6.07) is 22.5. The summed E-state index contributed by atoms with van der Waals surface area (Å²) in [4.78, 5) is 16.1. The first-order valence-corrected chi connectivity index (χ1v) is 14.1. The lowest BCUT2D eigenvalue weighted by molar-refractivity contribution is -0.895. The van der Waals surface area contributed by atoms with Crippen molar-refractivity contribution >= 4 is 33.4 Å². The van der Waals surface area contributed by atoms with Gasteiger partial charge in [0, 0.05) is 15.9 Å². The van der Waals surface area contributed by atoms with E-state index in [9.17, 15) is 13.2 Å². The van der Waals surface area contributed by atoms with Gasteiger partial charge in [-0.25, -0.2) is 8.42 Å². The van der Waals surface area contributed by atoms with Crippen LogP contribution in [0.2, 0.25) is 0 Å². The molecule has 3 aromatic rings. The zero-order valence-electron chi connectivity index (χ0n) is 19.7. The number of amides is 1. The van der Waals surface area contributed by atoms with Gasteiger partial charge < -0.3 is 19.7 Å². The Morgan fingerprint density at radius 1 is 0.917 bits per heavy atom. The zero-order valence-corrected chi connectivity index (χ0v) is 21.3. The van der Waals surface area contributed by atoms with Crippen molar-refractivity contribution < 1.29 is 27.6 Å². The molecule has 1 amide bonds. The molecule has 2 N–H and O–H groups in total. The lowest BCUT2D eigenvalue weighted by atomic mass is 10.3. The molecule has 0 spiro atoms. The number of piperazine rings is 1. The van der Waals surface area contributed by atoms with E-state index in [4.69, 9.17) is 9.47 Å².